The molecule has 0 N–H and O–H groups in total. The average Bonchev–Trinajstić information content (AvgIpc) is 2.68. The van der Waals surface area contributed by atoms with Gasteiger partial charge in [0.1, 0.15) is 23.5 Å². The van der Waals surface area contributed by atoms with Gasteiger partial charge in [-0.2, -0.15) is 0 Å². The maximum atomic E-state index is 13.6. The molecule has 2 aromatic rings. The van der Waals surface area contributed by atoms with Gasteiger partial charge in [-0.1, -0.05) is 12.1 Å². The Bertz CT molecular complexity index is 607. The summed E-state index contributed by atoms with van der Waals surface area (Å²) in [7, 11) is 0. The zero-order chi connectivity index (χ0) is 12.7. The van der Waals surface area contributed by atoms with E-state index in [4.69, 9.17) is 4.74 Å². The van der Waals surface area contributed by atoms with Crippen molar-refractivity contribution in [1.82, 2.24) is 0 Å². The number of hydrogen-bond acceptors (Lipinski definition) is 1. The molecule has 0 radical (unpaired) electrons. The summed E-state index contributed by atoms with van der Waals surface area (Å²) < 4.78 is 32.5. The van der Waals surface area contributed by atoms with Crippen LogP contribution >= 0.6 is 0 Å². The largest absolute Gasteiger partial charge is 0.489 e. The molecule has 1 atom stereocenters. The van der Waals surface area contributed by atoms with Crippen LogP contribution in [-0.2, 0) is 6.42 Å². The van der Waals surface area contributed by atoms with Gasteiger partial charge in [0, 0.05) is 17.5 Å². The fraction of sp³-hybridized carbons (Fsp3) is 0.200. The smallest absolute Gasteiger partial charge is 0.131 e. The molecule has 0 saturated heterocycles. The monoisotopic (exact) mass is 246 g/mol. The van der Waals surface area contributed by atoms with E-state index in [0.29, 0.717) is 23.3 Å². The SMILES string of the molecule is CC1Cc2cc(F)cc(-c3cccc(F)c3)c2O1. The molecule has 2 aromatic carbocycles. The second kappa shape index (κ2) is 4.09. The Kier molecular flexibility index (Phi) is 2.54. The lowest BCUT2D eigenvalue weighted by atomic mass is 10.0. The normalized spacial score (nSPS) is 17.4. The molecule has 1 aliphatic rings. The van der Waals surface area contributed by atoms with Crippen molar-refractivity contribution in [2.24, 2.45) is 0 Å². The second-order valence-corrected chi connectivity index (χ2v) is 4.58. The van der Waals surface area contributed by atoms with Crippen LogP contribution in [0.3, 0.4) is 0 Å². The summed E-state index contributed by atoms with van der Waals surface area (Å²) in [6, 6.07) is 9.01. The molecule has 0 fully saturated rings. The summed E-state index contributed by atoms with van der Waals surface area (Å²) >= 11 is 0. The predicted octanol–water partition coefficient (Wildman–Crippen LogP) is 3.96. The van der Waals surface area contributed by atoms with E-state index in [1.807, 2.05) is 6.92 Å². The lowest BCUT2D eigenvalue weighted by Gasteiger charge is -2.10. The summed E-state index contributed by atoms with van der Waals surface area (Å²) in [4.78, 5) is 0. The van der Waals surface area contributed by atoms with E-state index in [2.05, 4.69) is 0 Å². The Morgan fingerprint density at radius 3 is 2.72 bits per heavy atom. The molecule has 0 amide bonds. The van der Waals surface area contributed by atoms with E-state index >= 15 is 0 Å². The molecule has 0 bridgehead atoms. The highest BCUT2D eigenvalue weighted by molar-refractivity contribution is 5.73. The van der Waals surface area contributed by atoms with Crippen molar-refractivity contribution in [3.63, 3.8) is 0 Å². The van der Waals surface area contributed by atoms with E-state index in [-0.39, 0.29) is 17.7 Å². The minimum atomic E-state index is -0.337. The first kappa shape index (κ1) is 11.2. The molecular formula is C15H12F2O. The number of fused-ring (bicyclic) bond motifs is 1. The molecule has 0 aromatic heterocycles. The lowest BCUT2D eigenvalue weighted by molar-refractivity contribution is 0.255. The molecule has 1 heterocycles. The van der Waals surface area contributed by atoms with Crippen LogP contribution in [0.15, 0.2) is 36.4 Å². The molecule has 3 rings (SSSR count). The lowest BCUT2D eigenvalue weighted by Crippen LogP contribution is -2.05. The van der Waals surface area contributed by atoms with Gasteiger partial charge in [-0.15, -0.1) is 0 Å². The number of halogens is 2. The quantitative estimate of drug-likeness (QED) is 0.740. The van der Waals surface area contributed by atoms with Crippen molar-refractivity contribution in [2.75, 3.05) is 0 Å². The highest BCUT2D eigenvalue weighted by Crippen LogP contribution is 2.39. The van der Waals surface area contributed by atoms with Crippen LogP contribution in [0.4, 0.5) is 8.78 Å². The molecule has 3 heteroatoms. The van der Waals surface area contributed by atoms with Crippen LogP contribution in [0, 0.1) is 11.6 Å². The molecule has 1 unspecified atom stereocenters. The average molecular weight is 246 g/mol. The van der Waals surface area contributed by atoms with Gasteiger partial charge < -0.3 is 4.74 Å². The van der Waals surface area contributed by atoms with Gasteiger partial charge in [0.25, 0.3) is 0 Å². The maximum absolute atomic E-state index is 13.6. The molecule has 18 heavy (non-hydrogen) atoms. The van der Waals surface area contributed by atoms with Gasteiger partial charge in [0.05, 0.1) is 0 Å². The van der Waals surface area contributed by atoms with Crippen LogP contribution in [0.2, 0.25) is 0 Å². The molecule has 0 aliphatic carbocycles. The first-order valence-corrected chi connectivity index (χ1v) is 5.88. The van der Waals surface area contributed by atoms with Crippen molar-refractivity contribution in [3.8, 4) is 16.9 Å². The van der Waals surface area contributed by atoms with E-state index < -0.39 is 0 Å². The van der Waals surface area contributed by atoms with Crippen molar-refractivity contribution in [2.45, 2.75) is 19.4 Å². The highest BCUT2D eigenvalue weighted by atomic mass is 19.1. The van der Waals surface area contributed by atoms with Crippen molar-refractivity contribution < 1.29 is 13.5 Å². The maximum Gasteiger partial charge on any atom is 0.131 e. The zero-order valence-electron chi connectivity index (χ0n) is 9.91. The first-order valence-electron chi connectivity index (χ1n) is 5.88. The molecule has 0 saturated carbocycles. The highest BCUT2D eigenvalue weighted by Gasteiger charge is 2.24. The van der Waals surface area contributed by atoms with Gasteiger partial charge in [-0.05, 0) is 36.8 Å². The van der Waals surface area contributed by atoms with Crippen LogP contribution in [0.25, 0.3) is 11.1 Å². The zero-order valence-corrected chi connectivity index (χ0v) is 9.91. The standard InChI is InChI=1S/C15H12F2O/c1-9-5-11-7-13(17)8-14(15(11)18-9)10-3-2-4-12(16)6-10/h2-4,6-9H,5H2,1H3. The Hall–Kier alpha value is -1.90. The van der Waals surface area contributed by atoms with Gasteiger partial charge >= 0.3 is 0 Å². The van der Waals surface area contributed by atoms with Crippen LogP contribution in [-0.4, -0.2) is 6.10 Å². The first-order chi connectivity index (χ1) is 8.63. The van der Waals surface area contributed by atoms with Crippen molar-refractivity contribution >= 4 is 0 Å². The molecule has 1 aliphatic heterocycles. The Balaban J connectivity index is 2.18. The second-order valence-electron chi connectivity index (χ2n) is 4.58. The molecule has 92 valence electrons. The van der Waals surface area contributed by atoms with Gasteiger partial charge in [0.2, 0.25) is 0 Å². The third-order valence-corrected chi connectivity index (χ3v) is 3.09. The minimum Gasteiger partial charge on any atom is -0.489 e. The fourth-order valence-electron chi connectivity index (χ4n) is 2.36. The van der Waals surface area contributed by atoms with E-state index in [9.17, 15) is 8.78 Å². The summed E-state index contributed by atoms with van der Waals surface area (Å²) in [5.74, 6) is 0.0248. The topological polar surface area (TPSA) is 9.23 Å². The van der Waals surface area contributed by atoms with E-state index in [1.165, 1.54) is 24.3 Å². The summed E-state index contributed by atoms with van der Waals surface area (Å²) in [6.45, 7) is 1.94. The summed E-state index contributed by atoms with van der Waals surface area (Å²) in [5, 5.41) is 0. The third-order valence-electron chi connectivity index (χ3n) is 3.09. The summed E-state index contributed by atoms with van der Waals surface area (Å²) in [6.07, 6.45) is 0.726. The Morgan fingerprint density at radius 1 is 1.11 bits per heavy atom. The third kappa shape index (κ3) is 1.86. The van der Waals surface area contributed by atoms with Crippen LogP contribution < -0.4 is 4.74 Å². The van der Waals surface area contributed by atoms with E-state index in [0.717, 1.165) is 5.56 Å². The van der Waals surface area contributed by atoms with Gasteiger partial charge in [-0.25, -0.2) is 8.78 Å². The molecule has 0 spiro atoms. The fourth-order valence-corrected chi connectivity index (χ4v) is 2.36. The van der Waals surface area contributed by atoms with Gasteiger partial charge in [-0.3, -0.25) is 0 Å². The number of ether oxygens (including phenoxy) is 1. The van der Waals surface area contributed by atoms with E-state index in [1.54, 1.807) is 12.1 Å². The number of benzene rings is 2. The van der Waals surface area contributed by atoms with Gasteiger partial charge in [0.15, 0.2) is 0 Å². The van der Waals surface area contributed by atoms with Crippen molar-refractivity contribution in [3.05, 3.63) is 53.6 Å². The van der Waals surface area contributed by atoms with Crippen LogP contribution in [0.1, 0.15) is 12.5 Å². The predicted molar refractivity (Wildman–Crippen MR) is 65.6 cm³/mol. The Morgan fingerprint density at radius 2 is 1.94 bits per heavy atom. The minimum absolute atomic E-state index is 0.0362. The molecule has 1 nitrogen and oxygen atoms in total. The Labute approximate surface area is 104 Å². The number of hydrogen-bond donors (Lipinski definition) is 0. The van der Waals surface area contributed by atoms with Crippen molar-refractivity contribution in [1.29, 1.82) is 0 Å². The van der Waals surface area contributed by atoms with Crippen LogP contribution in [0.5, 0.6) is 5.75 Å². The number of rotatable bonds is 1. The summed E-state index contributed by atoms with van der Waals surface area (Å²) in [5.41, 5.74) is 2.11. The molecular weight excluding hydrogens is 234 g/mol.